The molecule has 0 amide bonds. The SMILES string of the molecule is COC(=O)/C=C/c1c(-c2ccccc2)nn2ccccc12. The van der Waals surface area contributed by atoms with Gasteiger partial charge in [0.15, 0.2) is 0 Å². The number of rotatable bonds is 3. The first-order chi connectivity index (χ1) is 10.3. The van der Waals surface area contributed by atoms with Gasteiger partial charge in [-0.1, -0.05) is 36.4 Å². The van der Waals surface area contributed by atoms with Crippen molar-refractivity contribution in [2.45, 2.75) is 0 Å². The monoisotopic (exact) mass is 278 g/mol. The van der Waals surface area contributed by atoms with Crippen molar-refractivity contribution < 1.29 is 9.53 Å². The zero-order valence-corrected chi connectivity index (χ0v) is 11.6. The quantitative estimate of drug-likeness (QED) is 0.546. The molecule has 0 bridgehead atoms. The average molecular weight is 278 g/mol. The van der Waals surface area contributed by atoms with Crippen LogP contribution in [0, 0.1) is 0 Å². The maximum atomic E-state index is 11.4. The Balaban J connectivity index is 2.19. The van der Waals surface area contributed by atoms with Crippen LogP contribution in [0.5, 0.6) is 0 Å². The second-order valence-corrected chi connectivity index (χ2v) is 4.52. The lowest BCUT2D eigenvalue weighted by atomic mass is 10.1. The number of carbonyl (C=O) groups is 1. The molecule has 0 atom stereocenters. The normalized spacial score (nSPS) is 11.1. The van der Waals surface area contributed by atoms with Crippen LogP contribution >= 0.6 is 0 Å². The topological polar surface area (TPSA) is 43.6 Å². The second kappa shape index (κ2) is 5.63. The van der Waals surface area contributed by atoms with Crippen molar-refractivity contribution in [1.29, 1.82) is 0 Å². The van der Waals surface area contributed by atoms with E-state index in [-0.39, 0.29) is 5.97 Å². The molecule has 0 unspecified atom stereocenters. The number of methoxy groups -OCH3 is 1. The van der Waals surface area contributed by atoms with E-state index in [4.69, 9.17) is 0 Å². The summed E-state index contributed by atoms with van der Waals surface area (Å²) < 4.78 is 6.46. The minimum atomic E-state index is -0.385. The summed E-state index contributed by atoms with van der Waals surface area (Å²) in [6.07, 6.45) is 5.05. The molecule has 0 aliphatic heterocycles. The van der Waals surface area contributed by atoms with Crippen molar-refractivity contribution in [3.05, 3.63) is 66.4 Å². The van der Waals surface area contributed by atoms with Gasteiger partial charge in [-0.3, -0.25) is 0 Å². The van der Waals surface area contributed by atoms with Crippen LogP contribution in [-0.2, 0) is 9.53 Å². The van der Waals surface area contributed by atoms with Gasteiger partial charge >= 0.3 is 5.97 Å². The first-order valence-corrected chi connectivity index (χ1v) is 6.58. The van der Waals surface area contributed by atoms with Crippen molar-refractivity contribution in [2.75, 3.05) is 7.11 Å². The van der Waals surface area contributed by atoms with Crippen LogP contribution in [0.4, 0.5) is 0 Å². The van der Waals surface area contributed by atoms with E-state index >= 15 is 0 Å². The lowest BCUT2D eigenvalue weighted by Crippen LogP contribution is -1.93. The summed E-state index contributed by atoms with van der Waals surface area (Å²) in [5.74, 6) is -0.385. The summed E-state index contributed by atoms with van der Waals surface area (Å²) in [5.41, 5.74) is 3.68. The highest BCUT2D eigenvalue weighted by molar-refractivity contribution is 5.92. The van der Waals surface area contributed by atoms with E-state index in [0.29, 0.717) is 0 Å². The molecule has 1 aromatic carbocycles. The Morgan fingerprint density at radius 1 is 1.14 bits per heavy atom. The molecule has 3 aromatic rings. The van der Waals surface area contributed by atoms with E-state index in [2.05, 4.69) is 9.84 Å². The molecule has 0 fully saturated rings. The van der Waals surface area contributed by atoms with E-state index in [1.807, 2.05) is 54.7 Å². The summed E-state index contributed by atoms with van der Waals surface area (Å²) >= 11 is 0. The number of aromatic nitrogens is 2. The lowest BCUT2D eigenvalue weighted by Gasteiger charge is -1.98. The van der Waals surface area contributed by atoms with Crippen molar-refractivity contribution in [3.63, 3.8) is 0 Å². The minimum Gasteiger partial charge on any atom is -0.466 e. The number of ether oxygens (including phenoxy) is 1. The van der Waals surface area contributed by atoms with Crippen LogP contribution in [0.2, 0.25) is 0 Å². The molecular formula is C17H14N2O2. The predicted molar refractivity (Wildman–Crippen MR) is 81.7 cm³/mol. The Morgan fingerprint density at radius 3 is 2.67 bits per heavy atom. The molecule has 0 saturated heterocycles. The van der Waals surface area contributed by atoms with E-state index in [0.717, 1.165) is 22.3 Å². The minimum absolute atomic E-state index is 0.385. The highest BCUT2D eigenvalue weighted by Crippen LogP contribution is 2.27. The van der Waals surface area contributed by atoms with Crippen molar-refractivity contribution in [2.24, 2.45) is 0 Å². The fraction of sp³-hybridized carbons (Fsp3) is 0.0588. The predicted octanol–water partition coefficient (Wildman–Crippen LogP) is 3.19. The summed E-state index contributed by atoms with van der Waals surface area (Å²) in [6.45, 7) is 0. The molecule has 2 heterocycles. The number of pyridine rings is 1. The number of fused-ring (bicyclic) bond motifs is 1. The Labute approximate surface area is 122 Å². The molecule has 0 saturated carbocycles. The Kier molecular flexibility index (Phi) is 3.51. The number of hydrogen-bond acceptors (Lipinski definition) is 3. The van der Waals surface area contributed by atoms with E-state index in [1.165, 1.54) is 13.2 Å². The number of nitrogens with zero attached hydrogens (tertiary/aromatic N) is 2. The van der Waals surface area contributed by atoms with E-state index in [9.17, 15) is 4.79 Å². The second-order valence-electron chi connectivity index (χ2n) is 4.52. The highest BCUT2D eigenvalue weighted by Gasteiger charge is 2.12. The third-order valence-electron chi connectivity index (χ3n) is 3.21. The van der Waals surface area contributed by atoms with Crippen molar-refractivity contribution in [1.82, 2.24) is 9.61 Å². The fourth-order valence-corrected chi connectivity index (χ4v) is 2.21. The summed E-state index contributed by atoms with van der Waals surface area (Å²) in [4.78, 5) is 11.4. The highest BCUT2D eigenvalue weighted by atomic mass is 16.5. The first kappa shape index (κ1) is 13.1. The van der Waals surface area contributed by atoms with Crippen LogP contribution in [0.1, 0.15) is 5.56 Å². The van der Waals surface area contributed by atoms with E-state index in [1.54, 1.807) is 10.6 Å². The van der Waals surface area contributed by atoms with Gasteiger partial charge in [0, 0.05) is 23.4 Å². The largest absolute Gasteiger partial charge is 0.466 e. The summed E-state index contributed by atoms with van der Waals surface area (Å²) in [7, 11) is 1.36. The van der Waals surface area contributed by atoms with Gasteiger partial charge in [-0.05, 0) is 18.2 Å². The first-order valence-electron chi connectivity index (χ1n) is 6.58. The molecule has 0 spiro atoms. The number of benzene rings is 1. The van der Waals surface area contributed by atoms with Crippen LogP contribution in [0.3, 0.4) is 0 Å². The number of carbonyl (C=O) groups excluding carboxylic acids is 1. The Morgan fingerprint density at radius 2 is 1.90 bits per heavy atom. The maximum Gasteiger partial charge on any atom is 0.330 e. The smallest absolute Gasteiger partial charge is 0.330 e. The van der Waals surface area contributed by atoms with Gasteiger partial charge in [0.2, 0.25) is 0 Å². The zero-order valence-electron chi connectivity index (χ0n) is 11.6. The van der Waals surface area contributed by atoms with Gasteiger partial charge in [0.1, 0.15) is 5.69 Å². The number of esters is 1. The van der Waals surface area contributed by atoms with Gasteiger partial charge in [-0.15, -0.1) is 0 Å². The van der Waals surface area contributed by atoms with E-state index < -0.39 is 0 Å². The zero-order chi connectivity index (χ0) is 14.7. The van der Waals surface area contributed by atoms with Crippen LogP contribution in [0.25, 0.3) is 22.9 Å². The molecule has 104 valence electrons. The van der Waals surface area contributed by atoms with Gasteiger partial charge in [0.05, 0.1) is 12.6 Å². The van der Waals surface area contributed by atoms with Gasteiger partial charge in [-0.25, -0.2) is 9.31 Å². The third-order valence-corrected chi connectivity index (χ3v) is 3.21. The third kappa shape index (κ3) is 2.56. The van der Waals surface area contributed by atoms with Gasteiger partial charge in [0.25, 0.3) is 0 Å². The molecule has 0 aliphatic carbocycles. The number of hydrogen-bond donors (Lipinski definition) is 0. The van der Waals surface area contributed by atoms with Crippen molar-refractivity contribution >= 4 is 17.6 Å². The molecular weight excluding hydrogens is 264 g/mol. The fourth-order valence-electron chi connectivity index (χ4n) is 2.21. The summed E-state index contributed by atoms with van der Waals surface area (Å²) in [5, 5.41) is 4.60. The summed E-state index contributed by atoms with van der Waals surface area (Å²) in [6, 6.07) is 15.7. The van der Waals surface area contributed by atoms with Crippen LogP contribution in [-0.4, -0.2) is 22.7 Å². The Hall–Kier alpha value is -2.88. The van der Waals surface area contributed by atoms with Gasteiger partial charge in [-0.2, -0.15) is 5.10 Å². The molecule has 4 heteroatoms. The van der Waals surface area contributed by atoms with Crippen LogP contribution < -0.4 is 0 Å². The molecule has 4 nitrogen and oxygen atoms in total. The molecule has 0 aliphatic rings. The molecule has 0 N–H and O–H groups in total. The Bertz CT molecular complexity index is 804. The lowest BCUT2D eigenvalue weighted by molar-refractivity contribution is -0.134. The molecule has 3 rings (SSSR count). The van der Waals surface area contributed by atoms with Crippen molar-refractivity contribution in [3.8, 4) is 11.3 Å². The molecule has 2 aromatic heterocycles. The maximum absolute atomic E-state index is 11.4. The van der Waals surface area contributed by atoms with Crippen LogP contribution in [0.15, 0.2) is 60.8 Å². The molecule has 21 heavy (non-hydrogen) atoms. The average Bonchev–Trinajstić information content (AvgIpc) is 2.92. The van der Waals surface area contributed by atoms with Gasteiger partial charge < -0.3 is 4.74 Å². The molecule has 0 radical (unpaired) electrons. The standard InChI is InChI=1S/C17H14N2O2/c1-21-16(20)11-10-14-15-9-5-6-12-19(15)18-17(14)13-7-3-2-4-8-13/h2-12H,1H3/b11-10+.